The lowest BCUT2D eigenvalue weighted by Crippen LogP contribution is -2.39. The molecule has 1 saturated carbocycles. The van der Waals surface area contributed by atoms with E-state index < -0.39 is 5.60 Å². The van der Waals surface area contributed by atoms with Crippen LogP contribution in [0.2, 0.25) is 0 Å². The Kier molecular flexibility index (Phi) is 10.2. The second-order valence-electron chi connectivity index (χ2n) is 7.60. The highest BCUT2D eigenvalue weighted by Gasteiger charge is 2.23. The molecule has 1 unspecified atom stereocenters. The van der Waals surface area contributed by atoms with Gasteiger partial charge in [-0.1, -0.05) is 25.7 Å². The van der Waals surface area contributed by atoms with E-state index in [-0.39, 0.29) is 0 Å². The maximum absolute atomic E-state index is 10.6. The standard InChI is InChI=1S/C21H37N3O2S/c1-3-22-20(24-17-21(2,25)18-12-15-27-16-18)23-13-8-9-14-26-19-10-6-4-5-7-11-19/h12,15-16,19,25H,3-11,13-14,17H2,1-2H3,(H2,22,23,24). The molecule has 0 aliphatic heterocycles. The van der Waals surface area contributed by atoms with Crippen molar-refractivity contribution >= 4 is 17.3 Å². The highest BCUT2D eigenvalue weighted by molar-refractivity contribution is 7.08. The number of unbranched alkanes of at least 4 members (excludes halogenated alkanes) is 1. The molecule has 1 aliphatic carbocycles. The number of thiophene rings is 1. The Balaban J connectivity index is 1.65. The fourth-order valence-electron chi connectivity index (χ4n) is 3.33. The summed E-state index contributed by atoms with van der Waals surface area (Å²) in [6.45, 7) is 6.72. The zero-order valence-electron chi connectivity index (χ0n) is 17.0. The van der Waals surface area contributed by atoms with Crippen molar-refractivity contribution in [2.24, 2.45) is 4.99 Å². The first kappa shape index (κ1) is 22.2. The van der Waals surface area contributed by atoms with Crippen LogP contribution in [-0.2, 0) is 10.3 Å². The van der Waals surface area contributed by atoms with Gasteiger partial charge in [-0.2, -0.15) is 11.3 Å². The summed E-state index contributed by atoms with van der Waals surface area (Å²) < 4.78 is 6.05. The van der Waals surface area contributed by atoms with Crippen molar-refractivity contribution in [3.8, 4) is 0 Å². The van der Waals surface area contributed by atoms with Crippen molar-refractivity contribution in [2.45, 2.75) is 76.9 Å². The first-order valence-electron chi connectivity index (χ1n) is 10.5. The number of rotatable bonds is 10. The van der Waals surface area contributed by atoms with Crippen LogP contribution in [0, 0.1) is 0 Å². The van der Waals surface area contributed by atoms with E-state index in [4.69, 9.17) is 4.74 Å². The number of aliphatic imine (C=N–C) groups is 1. The van der Waals surface area contributed by atoms with Gasteiger partial charge in [-0.25, -0.2) is 4.99 Å². The van der Waals surface area contributed by atoms with Crippen LogP contribution in [0.3, 0.4) is 0 Å². The van der Waals surface area contributed by atoms with Gasteiger partial charge in [-0.3, -0.25) is 0 Å². The maximum Gasteiger partial charge on any atom is 0.191 e. The summed E-state index contributed by atoms with van der Waals surface area (Å²) in [5.41, 5.74) is -0.0164. The summed E-state index contributed by atoms with van der Waals surface area (Å²) >= 11 is 1.59. The van der Waals surface area contributed by atoms with Gasteiger partial charge in [0, 0.05) is 19.7 Å². The summed E-state index contributed by atoms with van der Waals surface area (Å²) in [5, 5.41) is 21.2. The van der Waals surface area contributed by atoms with E-state index in [1.165, 1.54) is 38.5 Å². The molecule has 5 nitrogen and oxygen atoms in total. The molecule has 1 aliphatic rings. The zero-order valence-corrected chi connectivity index (χ0v) is 17.8. The van der Waals surface area contributed by atoms with Crippen LogP contribution in [-0.4, -0.2) is 43.4 Å². The summed E-state index contributed by atoms with van der Waals surface area (Å²) in [4.78, 5) is 4.56. The fraction of sp³-hybridized carbons (Fsp3) is 0.762. The molecular weight excluding hydrogens is 358 g/mol. The number of hydrogen-bond donors (Lipinski definition) is 3. The summed E-state index contributed by atoms with van der Waals surface area (Å²) in [6.07, 6.45) is 10.5. The molecule has 1 aromatic heterocycles. The van der Waals surface area contributed by atoms with Crippen LogP contribution in [0.15, 0.2) is 21.8 Å². The minimum atomic E-state index is -0.936. The fourth-order valence-corrected chi connectivity index (χ4v) is 4.11. The van der Waals surface area contributed by atoms with Crippen LogP contribution in [0.25, 0.3) is 0 Å². The number of hydrogen-bond acceptors (Lipinski definition) is 4. The summed E-state index contributed by atoms with van der Waals surface area (Å²) in [5.74, 6) is 0.762. The Labute approximate surface area is 168 Å². The summed E-state index contributed by atoms with van der Waals surface area (Å²) in [7, 11) is 0. The molecule has 0 radical (unpaired) electrons. The third-order valence-corrected chi connectivity index (χ3v) is 5.73. The van der Waals surface area contributed by atoms with E-state index in [2.05, 4.69) is 22.5 Å². The van der Waals surface area contributed by atoms with Crippen molar-refractivity contribution in [3.63, 3.8) is 0 Å². The molecule has 0 aromatic carbocycles. The van der Waals surface area contributed by atoms with Gasteiger partial charge >= 0.3 is 0 Å². The van der Waals surface area contributed by atoms with Crippen molar-refractivity contribution in [3.05, 3.63) is 22.4 Å². The monoisotopic (exact) mass is 395 g/mol. The molecule has 0 amide bonds. The molecule has 3 N–H and O–H groups in total. The summed E-state index contributed by atoms with van der Waals surface area (Å²) in [6, 6.07) is 1.95. The molecule has 154 valence electrons. The minimum absolute atomic E-state index is 0.337. The largest absolute Gasteiger partial charge is 0.383 e. The number of aliphatic hydroxyl groups is 1. The number of guanidine groups is 1. The quantitative estimate of drug-likeness (QED) is 0.242. The Hall–Kier alpha value is -1.11. The highest BCUT2D eigenvalue weighted by Crippen LogP contribution is 2.23. The number of nitrogens with zero attached hydrogens (tertiary/aromatic N) is 1. The SMILES string of the molecule is CCNC(=NCC(C)(O)c1ccsc1)NCCCCOC1CCCCCC1. The van der Waals surface area contributed by atoms with Crippen molar-refractivity contribution in [1.29, 1.82) is 0 Å². The molecule has 0 spiro atoms. The van der Waals surface area contributed by atoms with Crippen LogP contribution in [0.5, 0.6) is 0 Å². The first-order valence-corrected chi connectivity index (χ1v) is 11.4. The topological polar surface area (TPSA) is 65.9 Å². The van der Waals surface area contributed by atoms with Gasteiger partial charge in [0.15, 0.2) is 5.96 Å². The Morgan fingerprint density at radius 1 is 1.26 bits per heavy atom. The minimum Gasteiger partial charge on any atom is -0.383 e. The Bertz CT molecular complexity index is 524. The lowest BCUT2D eigenvalue weighted by molar-refractivity contribution is 0.0411. The third-order valence-electron chi connectivity index (χ3n) is 5.05. The van der Waals surface area contributed by atoms with E-state index in [9.17, 15) is 5.11 Å². The smallest absolute Gasteiger partial charge is 0.191 e. The normalized spacial score (nSPS) is 18.7. The predicted octanol–water partition coefficient (Wildman–Crippen LogP) is 4.03. The van der Waals surface area contributed by atoms with Crippen LogP contribution in [0.4, 0.5) is 0 Å². The first-order chi connectivity index (χ1) is 13.1. The molecule has 6 heteroatoms. The van der Waals surface area contributed by atoms with E-state index in [0.29, 0.717) is 12.6 Å². The average molecular weight is 396 g/mol. The van der Waals surface area contributed by atoms with Gasteiger partial charge in [0.1, 0.15) is 5.60 Å². The van der Waals surface area contributed by atoms with Crippen LogP contribution < -0.4 is 10.6 Å². The molecule has 1 fully saturated rings. The van der Waals surface area contributed by atoms with E-state index in [1.54, 1.807) is 11.3 Å². The van der Waals surface area contributed by atoms with E-state index in [0.717, 1.165) is 44.1 Å². The van der Waals surface area contributed by atoms with E-state index >= 15 is 0 Å². The van der Waals surface area contributed by atoms with Gasteiger partial charge in [-0.05, 0) is 61.9 Å². The van der Waals surface area contributed by atoms with Gasteiger partial charge < -0.3 is 20.5 Å². The molecule has 27 heavy (non-hydrogen) atoms. The molecule has 2 rings (SSSR count). The van der Waals surface area contributed by atoms with Gasteiger partial charge in [-0.15, -0.1) is 0 Å². The second-order valence-corrected chi connectivity index (χ2v) is 8.38. The van der Waals surface area contributed by atoms with E-state index in [1.807, 2.05) is 23.8 Å². The lowest BCUT2D eigenvalue weighted by atomic mass is 10.00. The number of nitrogens with one attached hydrogen (secondary N) is 2. The maximum atomic E-state index is 10.6. The van der Waals surface area contributed by atoms with Gasteiger partial charge in [0.25, 0.3) is 0 Å². The molecule has 0 saturated heterocycles. The van der Waals surface area contributed by atoms with Crippen LogP contribution >= 0.6 is 11.3 Å². The second kappa shape index (κ2) is 12.4. The van der Waals surface area contributed by atoms with Gasteiger partial charge in [0.05, 0.1) is 12.6 Å². The third kappa shape index (κ3) is 8.62. The Morgan fingerprint density at radius 3 is 2.70 bits per heavy atom. The van der Waals surface area contributed by atoms with Crippen molar-refractivity contribution in [1.82, 2.24) is 10.6 Å². The molecule has 0 bridgehead atoms. The average Bonchev–Trinajstić information content (AvgIpc) is 3.09. The van der Waals surface area contributed by atoms with Crippen LogP contribution in [0.1, 0.15) is 70.8 Å². The lowest BCUT2D eigenvalue weighted by Gasteiger charge is -2.21. The predicted molar refractivity (Wildman–Crippen MR) is 115 cm³/mol. The molecule has 1 atom stereocenters. The molecular formula is C21H37N3O2S. The number of ether oxygens (including phenoxy) is 1. The highest BCUT2D eigenvalue weighted by atomic mass is 32.1. The zero-order chi connectivity index (χ0) is 19.4. The Morgan fingerprint density at radius 2 is 2.04 bits per heavy atom. The molecule has 1 aromatic rings. The van der Waals surface area contributed by atoms with Crippen molar-refractivity contribution in [2.75, 3.05) is 26.2 Å². The van der Waals surface area contributed by atoms with Gasteiger partial charge in [0.2, 0.25) is 0 Å². The van der Waals surface area contributed by atoms with Crippen molar-refractivity contribution < 1.29 is 9.84 Å². The molecule has 1 heterocycles.